The number of aromatic carboxylic acids is 1. The monoisotopic (exact) mass is 397 g/mol. The summed E-state index contributed by atoms with van der Waals surface area (Å²) in [6, 6.07) is 12.1. The van der Waals surface area contributed by atoms with Crippen molar-refractivity contribution in [2.75, 3.05) is 0 Å². The zero-order valence-electron chi connectivity index (χ0n) is 13.1. The van der Waals surface area contributed by atoms with Crippen molar-refractivity contribution in [1.82, 2.24) is 4.98 Å². The molecule has 1 aliphatic rings. The molecule has 0 radical (unpaired) electrons. The van der Waals surface area contributed by atoms with Crippen molar-refractivity contribution in [3.8, 4) is 0 Å². The van der Waals surface area contributed by atoms with Gasteiger partial charge in [-0.3, -0.25) is 0 Å². The van der Waals surface area contributed by atoms with Crippen molar-refractivity contribution in [3.05, 3.63) is 75.1 Å². The van der Waals surface area contributed by atoms with E-state index >= 15 is 0 Å². The molecule has 1 heterocycles. The number of pyridine rings is 1. The summed E-state index contributed by atoms with van der Waals surface area (Å²) in [5, 5.41) is 10.4. The molecule has 1 aromatic heterocycles. The zero-order valence-corrected chi connectivity index (χ0v) is 14.7. The molecule has 0 unspecified atom stereocenters. The number of benzene rings is 2. The van der Waals surface area contributed by atoms with Gasteiger partial charge in [-0.15, -0.1) is 0 Å². The van der Waals surface area contributed by atoms with Crippen LogP contribution >= 0.6 is 15.9 Å². The second-order valence-corrected chi connectivity index (χ2v) is 6.83. The van der Waals surface area contributed by atoms with Crippen LogP contribution in [0.4, 0.5) is 4.39 Å². The molecule has 0 saturated heterocycles. The number of carboxylic acid groups (broad SMARTS) is 1. The Balaban J connectivity index is 1.91. The molecule has 0 fully saturated rings. The molecule has 1 aliphatic carbocycles. The maximum atomic E-state index is 13.4. The summed E-state index contributed by atoms with van der Waals surface area (Å²) in [5.74, 6) is -1.24. The fourth-order valence-electron chi connectivity index (χ4n) is 3.33. The minimum Gasteiger partial charge on any atom is -0.478 e. The van der Waals surface area contributed by atoms with Gasteiger partial charge in [0.05, 0.1) is 21.2 Å². The molecule has 1 N–H and O–H groups in total. The van der Waals surface area contributed by atoms with E-state index in [-0.39, 0.29) is 5.82 Å². The van der Waals surface area contributed by atoms with Gasteiger partial charge in [-0.05, 0) is 69.7 Å². The minimum absolute atomic E-state index is 0.314. The lowest BCUT2D eigenvalue weighted by atomic mass is 10.0. The lowest BCUT2D eigenvalue weighted by Gasteiger charge is -2.09. The first-order valence-electron chi connectivity index (χ1n) is 7.85. The molecular formula is C20H13BrFNO2. The van der Waals surface area contributed by atoms with E-state index in [9.17, 15) is 14.3 Å². The number of nitrogens with zero attached hydrogens (tertiary/aromatic N) is 1. The summed E-state index contributed by atoms with van der Waals surface area (Å²) in [6.45, 7) is 0. The molecule has 25 heavy (non-hydrogen) atoms. The Kier molecular flexibility index (Phi) is 3.88. The van der Waals surface area contributed by atoms with Crippen molar-refractivity contribution in [1.29, 1.82) is 0 Å². The third-order valence-electron chi connectivity index (χ3n) is 4.44. The van der Waals surface area contributed by atoms with E-state index in [0.29, 0.717) is 33.8 Å². The number of para-hydroxylation sites is 1. The van der Waals surface area contributed by atoms with E-state index in [2.05, 4.69) is 15.9 Å². The first-order valence-corrected chi connectivity index (χ1v) is 8.65. The zero-order chi connectivity index (χ0) is 17.6. The van der Waals surface area contributed by atoms with Crippen LogP contribution in [0.5, 0.6) is 0 Å². The van der Waals surface area contributed by atoms with Crippen LogP contribution in [0.15, 0.2) is 46.9 Å². The van der Waals surface area contributed by atoms with E-state index in [1.54, 1.807) is 18.2 Å². The fourth-order valence-corrected chi connectivity index (χ4v) is 3.72. The Morgan fingerprint density at radius 1 is 1.20 bits per heavy atom. The summed E-state index contributed by atoms with van der Waals surface area (Å²) in [4.78, 5) is 16.5. The standard InChI is InChI=1S/C20H13BrFNO2/c21-15-10-11(5-8-16(15)22)9-12-6-7-14-18(20(24)25)13-3-1-2-4-17(13)23-19(12)14/h1-5,8-10H,6-7H2,(H,24,25)/b12-9+. The molecule has 0 aliphatic heterocycles. The van der Waals surface area contributed by atoms with Crippen LogP contribution in [0, 0.1) is 5.82 Å². The highest BCUT2D eigenvalue weighted by atomic mass is 79.9. The Hall–Kier alpha value is -2.53. The van der Waals surface area contributed by atoms with Crippen LogP contribution in [0.25, 0.3) is 22.6 Å². The predicted molar refractivity (Wildman–Crippen MR) is 99.0 cm³/mol. The van der Waals surface area contributed by atoms with E-state index in [4.69, 9.17) is 4.98 Å². The first kappa shape index (κ1) is 16.0. The normalized spacial score (nSPS) is 14.9. The smallest absolute Gasteiger partial charge is 0.336 e. The van der Waals surface area contributed by atoms with Crippen LogP contribution in [-0.4, -0.2) is 16.1 Å². The molecule has 0 saturated carbocycles. The SMILES string of the molecule is O=C(O)c1c2c(nc3ccccc13)/C(=C/c1ccc(F)c(Br)c1)CC2. The summed E-state index contributed by atoms with van der Waals surface area (Å²) in [7, 11) is 0. The number of allylic oxidation sites excluding steroid dienone is 1. The number of rotatable bonds is 2. The molecule has 0 atom stereocenters. The maximum absolute atomic E-state index is 13.4. The average Bonchev–Trinajstić information content (AvgIpc) is 2.98. The van der Waals surface area contributed by atoms with Crippen molar-refractivity contribution in [2.45, 2.75) is 12.8 Å². The Labute approximate surface area is 152 Å². The third-order valence-corrected chi connectivity index (χ3v) is 5.05. The lowest BCUT2D eigenvalue weighted by molar-refractivity contribution is 0.0698. The van der Waals surface area contributed by atoms with Crippen LogP contribution in [0.3, 0.4) is 0 Å². The van der Waals surface area contributed by atoms with Gasteiger partial charge in [-0.2, -0.15) is 0 Å². The van der Waals surface area contributed by atoms with Gasteiger partial charge in [0.2, 0.25) is 0 Å². The van der Waals surface area contributed by atoms with E-state index < -0.39 is 5.97 Å². The quantitative estimate of drug-likeness (QED) is 0.636. The number of fused-ring (bicyclic) bond motifs is 2. The maximum Gasteiger partial charge on any atom is 0.336 e. The molecule has 0 spiro atoms. The minimum atomic E-state index is -0.930. The van der Waals surface area contributed by atoms with Gasteiger partial charge >= 0.3 is 5.97 Å². The van der Waals surface area contributed by atoms with E-state index in [1.807, 2.05) is 24.3 Å². The highest BCUT2D eigenvalue weighted by Gasteiger charge is 2.26. The molecular weight excluding hydrogens is 385 g/mol. The predicted octanol–water partition coefficient (Wildman–Crippen LogP) is 5.32. The van der Waals surface area contributed by atoms with Gasteiger partial charge < -0.3 is 5.11 Å². The van der Waals surface area contributed by atoms with Crippen molar-refractivity contribution in [3.63, 3.8) is 0 Å². The van der Waals surface area contributed by atoms with E-state index in [1.165, 1.54) is 6.07 Å². The van der Waals surface area contributed by atoms with Crippen LogP contribution < -0.4 is 0 Å². The largest absolute Gasteiger partial charge is 0.478 e. The van der Waals surface area contributed by atoms with Gasteiger partial charge in [0.25, 0.3) is 0 Å². The number of hydrogen-bond donors (Lipinski definition) is 1. The molecule has 0 bridgehead atoms. The summed E-state index contributed by atoms with van der Waals surface area (Å²) in [5.41, 5.74) is 4.34. The van der Waals surface area contributed by atoms with Gasteiger partial charge in [-0.1, -0.05) is 24.3 Å². The Morgan fingerprint density at radius 2 is 2.00 bits per heavy atom. The van der Waals surface area contributed by atoms with Crippen LogP contribution in [-0.2, 0) is 6.42 Å². The fraction of sp³-hybridized carbons (Fsp3) is 0.100. The molecule has 5 heteroatoms. The molecule has 4 rings (SSSR count). The summed E-state index contributed by atoms with van der Waals surface area (Å²) < 4.78 is 13.8. The molecule has 3 nitrogen and oxygen atoms in total. The summed E-state index contributed by atoms with van der Waals surface area (Å²) in [6.07, 6.45) is 3.31. The molecule has 2 aromatic carbocycles. The first-order chi connectivity index (χ1) is 12.0. The summed E-state index contributed by atoms with van der Waals surface area (Å²) >= 11 is 3.19. The van der Waals surface area contributed by atoms with Crippen molar-refractivity contribution < 1.29 is 14.3 Å². The van der Waals surface area contributed by atoms with E-state index in [0.717, 1.165) is 22.4 Å². The topological polar surface area (TPSA) is 50.2 Å². The van der Waals surface area contributed by atoms with Gasteiger partial charge in [0.15, 0.2) is 0 Å². The molecule has 0 amide bonds. The van der Waals surface area contributed by atoms with Gasteiger partial charge in [0.1, 0.15) is 5.82 Å². The number of aromatic nitrogens is 1. The Morgan fingerprint density at radius 3 is 2.76 bits per heavy atom. The highest BCUT2D eigenvalue weighted by molar-refractivity contribution is 9.10. The highest BCUT2D eigenvalue weighted by Crippen LogP contribution is 2.37. The molecule has 3 aromatic rings. The number of halogens is 2. The van der Waals surface area contributed by atoms with Crippen molar-refractivity contribution in [2.24, 2.45) is 0 Å². The van der Waals surface area contributed by atoms with Crippen molar-refractivity contribution >= 4 is 44.5 Å². The van der Waals surface area contributed by atoms with Gasteiger partial charge in [-0.25, -0.2) is 14.2 Å². The average molecular weight is 398 g/mol. The van der Waals surface area contributed by atoms with Crippen LogP contribution in [0.1, 0.15) is 33.6 Å². The third kappa shape index (κ3) is 2.74. The number of hydrogen-bond acceptors (Lipinski definition) is 2. The number of carbonyl (C=O) groups is 1. The van der Waals surface area contributed by atoms with Gasteiger partial charge in [0, 0.05) is 5.39 Å². The van der Waals surface area contributed by atoms with Crippen LogP contribution in [0.2, 0.25) is 0 Å². The number of carboxylic acids is 1. The molecule has 124 valence electrons. The second-order valence-electron chi connectivity index (χ2n) is 5.98. The second kappa shape index (κ2) is 6.08. The lowest BCUT2D eigenvalue weighted by Crippen LogP contribution is -2.05. The Bertz CT molecular complexity index is 1060.